The third kappa shape index (κ3) is 5.49. The maximum atomic E-state index is 6.22. The standard InChI is InChI=1S/C13H20BrClN2S/c1-3-9(2)18-8-12(17-16)6-10-4-5-11(14)7-13(10)15/h4-5,7,9,12,17H,3,6,8,16H2,1-2H3. The van der Waals surface area contributed by atoms with Crippen LogP contribution >= 0.6 is 39.3 Å². The molecule has 0 aliphatic carbocycles. The third-order valence-electron chi connectivity index (χ3n) is 2.87. The molecule has 0 bridgehead atoms. The Labute approximate surface area is 127 Å². The number of nitrogens with one attached hydrogen (secondary N) is 1. The minimum Gasteiger partial charge on any atom is -0.271 e. The molecule has 3 N–H and O–H groups in total. The van der Waals surface area contributed by atoms with Gasteiger partial charge in [0.25, 0.3) is 0 Å². The van der Waals surface area contributed by atoms with Crippen molar-refractivity contribution in [1.82, 2.24) is 5.43 Å². The molecule has 0 aliphatic heterocycles. The lowest BCUT2D eigenvalue weighted by Crippen LogP contribution is -2.39. The number of hydrazine groups is 1. The van der Waals surface area contributed by atoms with Crippen molar-refractivity contribution in [2.45, 2.75) is 38.0 Å². The Balaban J connectivity index is 2.56. The van der Waals surface area contributed by atoms with Gasteiger partial charge in [-0.3, -0.25) is 11.3 Å². The maximum Gasteiger partial charge on any atom is 0.0449 e. The first-order chi connectivity index (χ1) is 8.56. The van der Waals surface area contributed by atoms with Gasteiger partial charge in [-0.25, -0.2) is 0 Å². The summed E-state index contributed by atoms with van der Waals surface area (Å²) in [6.45, 7) is 4.44. The summed E-state index contributed by atoms with van der Waals surface area (Å²) in [7, 11) is 0. The van der Waals surface area contributed by atoms with Crippen LogP contribution in [0.2, 0.25) is 5.02 Å². The van der Waals surface area contributed by atoms with Crippen molar-refractivity contribution in [3.63, 3.8) is 0 Å². The lowest BCUT2D eigenvalue weighted by molar-refractivity contribution is 0.574. The van der Waals surface area contributed by atoms with E-state index in [9.17, 15) is 0 Å². The highest BCUT2D eigenvalue weighted by atomic mass is 79.9. The molecule has 0 saturated carbocycles. The molecule has 0 aliphatic rings. The Hall–Kier alpha value is 0.260. The molecule has 0 radical (unpaired) electrons. The molecule has 0 saturated heterocycles. The van der Waals surface area contributed by atoms with Gasteiger partial charge in [-0.15, -0.1) is 0 Å². The number of benzene rings is 1. The van der Waals surface area contributed by atoms with Crippen molar-refractivity contribution in [3.8, 4) is 0 Å². The van der Waals surface area contributed by atoms with Crippen LogP contribution in [0.3, 0.4) is 0 Å². The predicted octanol–water partition coefficient (Wildman–Crippen LogP) is 4.01. The SMILES string of the molecule is CCC(C)SCC(Cc1ccc(Br)cc1Cl)NN. The van der Waals surface area contributed by atoms with E-state index in [2.05, 4.69) is 35.2 Å². The van der Waals surface area contributed by atoms with Gasteiger partial charge in [0.1, 0.15) is 0 Å². The monoisotopic (exact) mass is 350 g/mol. The highest BCUT2D eigenvalue weighted by molar-refractivity contribution is 9.10. The van der Waals surface area contributed by atoms with E-state index in [1.165, 1.54) is 6.42 Å². The number of thioether (sulfide) groups is 1. The van der Waals surface area contributed by atoms with Gasteiger partial charge in [-0.1, -0.05) is 47.4 Å². The summed E-state index contributed by atoms with van der Waals surface area (Å²) in [4.78, 5) is 0. The summed E-state index contributed by atoms with van der Waals surface area (Å²) in [6, 6.07) is 6.23. The van der Waals surface area contributed by atoms with Crippen LogP contribution < -0.4 is 11.3 Å². The molecule has 1 aromatic carbocycles. The zero-order valence-electron chi connectivity index (χ0n) is 10.7. The van der Waals surface area contributed by atoms with Crippen molar-refractivity contribution < 1.29 is 0 Å². The van der Waals surface area contributed by atoms with Gasteiger partial charge >= 0.3 is 0 Å². The fourth-order valence-corrected chi connectivity index (χ4v) is 3.28. The second kappa shape index (κ2) is 8.43. The van der Waals surface area contributed by atoms with Gasteiger partial charge in [0, 0.05) is 26.5 Å². The zero-order chi connectivity index (χ0) is 13.5. The Bertz CT molecular complexity index is 376. The second-order valence-electron chi connectivity index (χ2n) is 4.36. The molecule has 2 nitrogen and oxygen atoms in total. The van der Waals surface area contributed by atoms with E-state index in [4.69, 9.17) is 17.4 Å². The first-order valence-electron chi connectivity index (χ1n) is 6.08. The molecule has 2 unspecified atom stereocenters. The molecule has 2 atom stereocenters. The summed E-state index contributed by atoms with van der Waals surface area (Å²) < 4.78 is 1.00. The predicted molar refractivity (Wildman–Crippen MR) is 86.2 cm³/mol. The lowest BCUT2D eigenvalue weighted by atomic mass is 10.1. The highest BCUT2D eigenvalue weighted by Gasteiger charge is 2.12. The zero-order valence-corrected chi connectivity index (χ0v) is 13.9. The molecule has 0 spiro atoms. The van der Waals surface area contributed by atoms with Crippen LogP contribution in [0.4, 0.5) is 0 Å². The molecule has 5 heteroatoms. The van der Waals surface area contributed by atoms with E-state index in [1.807, 2.05) is 30.0 Å². The number of hydrogen-bond acceptors (Lipinski definition) is 3. The minimum atomic E-state index is 0.252. The summed E-state index contributed by atoms with van der Waals surface area (Å²) in [6.07, 6.45) is 2.03. The molecule has 0 aromatic heterocycles. The van der Waals surface area contributed by atoms with E-state index in [1.54, 1.807) is 0 Å². The van der Waals surface area contributed by atoms with Gasteiger partial charge in [-0.2, -0.15) is 11.8 Å². The van der Waals surface area contributed by atoms with Crippen molar-refractivity contribution >= 4 is 39.3 Å². The average molecular weight is 352 g/mol. The molecular weight excluding hydrogens is 332 g/mol. The Kier molecular flexibility index (Phi) is 7.64. The van der Waals surface area contributed by atoms with Crippen molar-refractivity contribution in [1.29, 1.82) is 0 Å². The van der Waals surface area contributed by atoms with Crippen molar-refractivity contribution in [3.05, 3.63) is 33.3 Å². The van der Waals surface area contributed by atoms with Crippen LogP contribution in [-0.4, -0.2) is 17.0 Å². The second-order valence-corrected chi connectivity index (χ2v) is 7.15. The summed E-state index contributed by atoms with van der Waals surface area (Å²) in [5.41, 5.74) is 4.01. The van der Waals surface area contributed by atoms with E-state index in [0.29, 0.717) is 5.25 Å². The number of nitrogens with two attached hydrogens (primary N) is 1. The van der Waals surface area contributed by atoms with Crippen LogP contribution in [-0.2, 0) is 6.42 Å². The average Bonchev–Trinajstić information content (AvgIpc) is 2.36. The smallest absolute Gasteiger partial charge is 0.0449 e. The van der Waals surface area contributed by atoms with Crippen LogP contribution in [0.1, 0.15) is 25.8 Å². The highest BCUT2D eigenvalue weighted by Crippen LogP contribution is 2.23. The van der Waals surface area contributed by atoms with E-state index in [-0.39, 0.29) is 6.04 Å². The van der Waals surface area contributed by atoms with Gasteiger partial charge in [-0.05, 0) is 30.5 Å². The first-order valence-corrected chi connectivity index (χ1v) is 8.30. The molecule has 0 amide bonds. The molecule has 18 heavy (non-hydrogen) atoms. The Morgan fingerprint density at radius 1 is 1.50 bits per heavy atom. The topological polar surface area (TPSA) is 38.0 Å². The minimum absolute atomic E-state index is 0.252. The van der Waals surface area contributed by atoms with E-state index < -0.39 is 0 Å². The number of halogens is 2. The summed E-state index contributed by atoms with van der Waals surface area (Å²) in [5, 5.41) is 1.46. The lowest BCUT2D eigenvalue weighted by Gasteiger charge is -2.18. The van der Waals surface area contributed by atoms with Gasteiger partial charge < -0.3 is 0 Å². The molecule has 1 aromatic rings. The quantitative estimate of drug-likeness (QED) is 0.576. The fourth-order valence-electron chi connectivity index (χ4n) is 1.52. The largest absolute Gasteiger partial charge is 0.271 e. The number of hydrogen-bond donors (Lipinski definition) is 2. The van der Waals surface area contributed by atoms with E-state index in [0.717, 1.165) is 27.2 Å². The maximum absolute atomic E-state index is 6.22. The van der Waals surface area contributed by atoms with Crippen LogP contribution in [0.5, 0.6) is 0 Å². The van der Waals surface area contributed by atoms with Crippen LogP contribution in [0.15, 0.2) is 22.7 Å². The molecular formula is C13H20BrClN2S. The van der Waals surface area contributed by atoms with Crippen molar-refractivity contribution in [2.75, 3.05) is 5.75 Å². The first kappa shape index (κ1) is 16.3. The van der Waals surface area contributed by atoms with Crippen LogP contribution in [0.25, 0.3) is 0 Å². The molecule has 0 fully saturated rings. The van der Waals surface area contributed by atoms with E-state index >= 15 is 0 Å². The fraction of sp³-hybridized carbons (Fsp3) is 0.538. The van der Waals surface area contributed by atoms with Gasteiger partial charge in [0.2, 0.25) is 0 Å². The van der Waals surface area contributed by atoms with Gasteiger partial charge in [0.15, 0.2) is 0 Å². The molecule has 102 valence electrons. The normalized spacial score (nSPS) is 14.5. The van der Waals surface area contributed by atoms with Crippen LogP contribution in [0, 0.1) is 0 Å². The van der Waals surface area contributed by atoms with Gasteiger partial charge in [0.05, 0.1) is 0 Å². The number of rotatable bonds is 7. The van der Waals surface area contributed by atoms with Crippen molar-refractivity contribution in [2.24, 2.45) is 5.84 Å². The summed E-state index contributed by atoms with van der Waals surface area (Å²) in [5.74, 6) is 6.61. The molecule has 1 rings (SSSR count). The Morgan fingerprint density at radius 2 is 2.22 bits per heavy atom. The third-order valence-corrected chi connectivity index (χ3v) is 5.22. The summed E-state index contributed by atoms with van der Waals surface area (Å²) >= 11 is 11.6. The molecule has 0 heterocycles. The Morgan fingerprint density at radius 3 is 2.78 bits per heavy atom.